The van der Waals surface area contributed by atoms with Crippen molar-refractivity contribution in [2.24, 2.45) is 0 Å². The molecule has 190 valence electrons. The van der Waals surface area contributed by atoms with Crippen LogP contribution in [0.4, 0.5) is 10.2 Å². The number of hydrogen-bond donors (Lipinski definition) is 1. The van der Waals surface area contributed by atoms with E-state index in [2.05, 4.69) is 27.4 Å². The van der Waals surface area contributed by atoms with Gasteiger partial charge in [-0.2, -0.15) is 4.31 Å². The number of pyridine rings is 1. The normalized spacial score (nSPS) is 17.6. The van der Waals surface area contributed by atoms with Crippen molar-refractivity contribution < 1.29 is 22.3 Å². The van der Waals surface area contributed by atoms with Crippen LogP contribution in [-0.2, 0) is 34.1 Å². The predicted octanol–water partition coefficient (Wildman–Crippen LogP) is 2.57. The molecule has 1 atom stereocenters. The van der Waals surface area contributed by atoms with Gasteiger partial charge in [0.15, 0.2) is 5.82 Å². The van der Waals surface area contributed by atoms with Crippen molar-refractivity contribution >= 4 is 21.7 Å². The lowest BCUT2D eigenvalue weighted by Gasteiger charge is -2.28. The van der Waals surface area contributed by atoms with E-state index in [1.54, 1.807) is 18.2 Å². The highest BCUT2D eigenvalue weighted by atomic mass is 32.2. The van der Waals surface area contributed by atoms with Crippen LogP contribution in [0.5, 0.6) is 0 Å². The number of halogens is 1. The second-order valence-electron chi connectivity index (χ2n) is 9.05. The van der Waals surface area contributed by atoms with Gasteiger partial charge in [-0.25, -0.2) is 17.8 Å². The molecule has 1 amide bonds. The van der Waals surface area contributed by atoms with E-state index in [1.165, 1.54) is 23.5 Å². The van der Waals surface area contributed by atoms with Crippen molar-refractivity contribution in [1.29, 1.82) is 0 Å². The topological polar surface area (TPSA) is 119 Å². The first-order chi connectivity index (χ1) is 17.3. The van der Waals surface area contributed by atoms with E-state index in [4.69, 9.17) is 4.74 Å². The lowest BCUT2D eigenvalue weighted by molar-refractivity contribution is 0.102. The van der Waals surface area contributed by atoms with Crippen LogP contribution in [-0.4, -0.2) is 64.4 Å². The Morgan fingerprint density at radius 3 is 2.86 bits per heavy atom. The fourth-order valence-corrected chi connectivity index (χ4v) is 6.03. The van der Waals surface area contributed by atoms with E-state index in [1.807, 2.05) is 4.57 Å². The minimum absolute atomic E-state index is 0.0753. The molecule has 10 nitrogen and oxygen atoms in total. The van der Waals surface area contributed by atoms with Gasteiger partial charge in [0.25, 0.3) is 5.91 Å². The molecule has 1 N–H and O–H groups in total. The van der Waals surface area contributed by atoms with Gasteiger partial charge in [-0.3, -0.25) is 4.79 Å². The molecule has 12 heteroatoms. The highest BCUT2D eigenvalue weighted by Gasteiger charge is 2.29. The number of sulfonamides is 1. The minimum atomic E-state index is -3.52. The molecule has 0 saturated carbocycles. The molecule has 36 heavy (non-hydrogen) atoms. The largest absolute Gasteiger partial charge is 0.384 e. The number of hydrogen-bond acceptors (Lipinski definition) is 7. The minimum Gasteiger partial charge on any atom is -0.384 e. The number of nitrogens with one attached hydrogen (secondary N) is 1. The summed E-state index contributed by atoms with van der Waals surface area (Å²) in [6.45, 7) is 2.51. The van der Waals surface area contributed by atoms with Crippen molar-refractivity contribution in [3.63, 3.8) is 0 Å². The Morgan fingerprint density at radius 2 is 2.06 bits per heavy atom. The number of rotatable bonds is 7. The molecule has 0 spiro atoms. The number of anilines is 1. The Hall–Kier alpha value is -3.22. The summed E-state index contributed by atoms with van der Waals surface area (Å²) < 4.78 is 48.3. The highest BCUT2D eigenvalue weighted by Crippen LogP contribution is 2.30. The highest BCUT2D eigenvalue weighted by molar-refractivity contribution is 7.89. The van der Waals surface area contributed by atoms with E-state index in [-0.39, 0.29) is 42.9 Å². The summed E-state index contributed by atoms with van der Waals surface area (Å²) >= 11 is 0. The van der Waals surface area contributed by atoms with Crippen LogP contribution in [0.2, 0.25) is 0 Å². The van der Waals surface area contributed by atoms with Gasteiger partial charge in [0.2, 0.25) is 10.0 Å². The number of aryl methyl sites for hydroxylation is 1. The number of ether oxygens (including phenoxy) is 1. The summed E-state index contributed by atoms with van der Waals surface area (Å²) in [6, 6.07) is 8.14. The first-order valence-electron chi connectivity index (χ1n) is 11.8. The van der Waals surface area contributed by atoms with Gasteiger partial charge >= 0.3 is 0 Å². The number of fused-ring (bicyclic) bond motifs is 2. The van der Waals surface area contributed by atoms with Gasteiger partial charge in [-0.15, -0.1) is 10.2 Å². The quantitative estimate of drug-likeness (QED) is 0.515. The van der Waals surface area contributed by atoms with Crippen molar-refractivity contribution in [2.45, 2.75) is 38.8 Å². The monoisotopic (exact) mass is 514 g/mol. The lowest BCUT2D eigenvalue weighted by Crippen LogP contribution is -2.38. The molecule has 2 aromatic heterocycles. The van der Waals surface area contributed by atoms with Gasteiger partial charge in [0.05, 0.1) is 17.9 Å². The smallest absolute Gasteiger partial charge is 0.259 e. The van der Waals surface area contributed by atoms with Crippen molar-refractivity contribution in [2.75, 3.05) is 31.3 Å². The van der Waals surface area contributed by atoms with Gasteiger partial charge in [-0.05, 0) is 55.2 Å². The number of carbonyl (C=O) groups excluding carboxylic acids is 1. The molecule has 2 aliphatic heterocycles. The van der Waals surface area contributed by atoms with Crippen molar-refractivity contribution in [3.8, 4) is 11.5 Å². The third-order valence-corrected chi connectivity index (χ3v) is 8.44. The third kappa shape index (κ3) is 4.63. The molecule has 1 aromatic carbocycles. The van der Waals surface area contributed by atoms with Crippen LogP contribution in [0.25, 0.3) is 11.5 Å². The summed E-state index contributed by atoms with van der Waals surface area (Å²) in [5.74, 6) is 0.315. The Kier molecular flexibility index (Phi) is 6.58. The van der Waals surface area contributed by atoms with E-state index in [0.717, 1.165) is 18.7 Å². The standard InChI is InChI=1S/C24H27FN6O4S/c1-15-6-7-22-28-29-23(31(15)22)20-4-3-5-21(26-20)27-24(32)18-12-17-14-30(36(33,34)11-10-35-2)9-8-16(17)13-19(18)25/h3-5,12-13,15H,6-11,14H2,1-2H3,(H,26,27,32)/t15-/m1/s1. The molecule has 0 unspecified atom stereocenters. The summed E-state index contributed by atoms with van der Waals surface area (Å²) in [5, 5.41) is 11.2. The Labute approximate surface area is 208 Å². The number of nitrogens with zero attached hydrogens (tertiary/aromatic N) is 5. The van der Waals surface area contributed by atoms with Crippen LogP contribution in [0.3, 0.4) is 0 Å². The van der Waals surface area contributed by atoms with Gasteiger partial charge < -0.3 is 14.6 Å². The van der Waals surface area contributed by atoms with Crippen LogP contribution in [0.15, 0.2) is 30.3 Å². The summed E-state index contributed by atoms with van der Waals surface area (Å²) in [5.41, 5.74) is 1.68. The maximum Gasteiger partial charge on any atom is 0.259 e. The molecule has 0 bridgehead atoms. The Bertz CT molecular complexity index is 1420. The number of benzene rings is 1. The fraction of sp³-hybridized carbons (Fsp3) is 0.417. The molecule has 0 radical (unpaired) electrons. The molecule has 4 heterocycles. The van der Waals surface area contributed by atoms with E-state index in [0.29, 0.717) is 29.1 Å². The average molecular weight is 515 g/mol. The summed E-state index contributed by atoms with van der Waals surface area (Å²) in [4.78, 5) is 17.5. The van der Waals surface area contributed by atoms with E-state index in [9.17, 15) is 17.6 Å². The fourth-order valence-electron chi connectivity index (χ4n) is 4.69. The van der Waals surface area contributed by atoms with Crippen LogP contribution < -0.4 is 5.32 Å². The van der Waals surface area contributed by atoms with Crippen LogP contribution in [0.1, 0.15) is 46.7 Å². The SMILES string of the molecule is COCCS(=O)(=O)N1CCc2cc(F)c(C(=O)Nc3cccc(-c4nnc5n4[C@H](C)CC5)n3)cc2C1. The summed E-state index contributed by atoms with van der Waals surface area (Å²) in [6.07, 6.45) is 2.20. The lowest BCUT2D eigenvalue weighted by atomic mass is 9.97. The van der Waals surface area contributed by atoms with Gasteiger partial charge in [0.1, 0.15) is 23.2 Å². The molecule has 2 aliphatic rings. The second-order valence-corrected chi connectivity index (χ2v) is 11.1. The zero-order valence-corrected chi connectivity index (χ0v) is 20.9. The zero-order valence-electron chi connectivity index (χ0n) is 20.1. The second kappa shape index (κ2) is 9.68. The Morgan fingerprint density at radius 1 is 1.22 bits per heavy atom. The van der Waals surface area contributed by atoms with Crippen molar-refractivity contribution in [3.05, 3.63) is 58.7 Å². The van der Waals surface area contributed by atoms with Gasteiger partial charge in [-0.1, -0.05) is 6.07 Å². The molecule has 0 saturated heterocycles. The molecule has 0 aliphatic carbocycles. The first kappa shape index (κ1) is 24.5. The number of aromatic nitrogens is 4. The number of carbonyl (C=O) groups is 1. The predicted molar refractivity (Wildman–Crippen MR) is 130 cm³/mol. The van der Waals surface area contributed by atoms with Gasteiger partial charge in [0, 0.05) is 32.7 Å². The molecule has 0 fully saturated rings. The molecular formula is C24H27FN6O4S. The summed E-state index contributed by atoms with van der Waals surface area (Å²) in [7, 11) is -2.08. The Balaban J connectivity index is 1.36. The van der Waals surface area contributed by atoms with Crippen molar-refractivity contribution in [1.82, 2.24) is 24.1 Å². The molecule has 3 aromatic rings. The van der Waals surface area contributed by atoms with Crippen LogP contribution in [0, 0.1) is 5.82 Å². The maximum absolute atomic E-state index is 14.9. The van der Waals surface area contributed by atoms with E-state index >= 15 is 0 Å². The van der Waals surface area contributed by atoms with E-state index < -0.39 is 21.7 Å². The molecular weight excluding hydrogens is 487 g/mol. The van der Waals surface area contributed by atoms with Crippen LogP contribution >= 0.6 is 0 Å². The zero-order chi connectivity index (χ0) is 25.4. The average Bonchev–Trinajstić information content (AvgIpc) is 3.45. The molecule has 5 rings (SSSR count). The number of amides is 1. The first-order valence-corrected chi connectivity index (χ1v) is 13.4. The number of methoxy groups -OCH3 is 1. The third-order valence-electron chi connectivity index (χ3n) is 6.66. The maximum atomic E-state index is 14.9.